The van der Waals surface area contributed by atoms with Crippen LogP contribution in [0.5, 0.6) is 0 Å². The maximum Gasteiger partial charge on any atom is 0.126 e. The molecule has 3 nitrogen and oxygen atoms in total. The lowest BCUT2D eigenvalue weighted by atomic mass is 10.1. The van der Waals surface area contributed by atoms with Crippen LogP contribution < -0.4 is 5.43 Å². The van der Waals surface area contributed by atoms with E-state index in [1.807, 2.05) is 45.0 Å². The quantitative estimate of drug-likeness (QED) is 0.490. The largest absolute Gasteiger partial charge is 0.322 e. The van der Waals surface area contributed by atoms with E-state index in [4.69, 9.17) is 0 Å². The molecule has 0 radical (unpaired) electrons. The van der Waals surface area contributed by atoms with E-state index in [0.717, 1.165) is 17.0 Å². The molecule has 0 aliphatic rings. The lowest BCUT2D eigenvalue weighted by Gasteiger charge is -2.24. The monoisotopic (exact) mass is 289 g/mol. The number of aryl methyl sites for hydroxylation is 1. The summed E-state index contributed by atoms with van der Waals surface area (Å²) in [4.78, 5) is 4.64. The summed E-state index contributed by atoms with van der Waals surface area (Å²) in [5.74, 6) is -0.191. The number of nitrogens with one attached hydrogen (secondary N) is 1. The summed E-state index contributed by atoms with van der Waals surface area (Å²) in [6.07, 6.45) is 3.57. The molecule has 114 valence electrons. The van der Waals surface area contributed by atoms with Gasteiger partial charge in [0.25, 0.3) is 0 Å². The third-order valence-corrected chi connectivity index (χ3v) is 3.24. The van der Waals surface area contributed by atoms with E-state index in [-0.39, 0.29) is 12.0 Å². The van der Waals surface area contributed by atoms with Crippen molar-refractivity contribution in [1.29, 1.82) is 0 Å². The van der Waals surface area contributed by atoms with Crippen molar-refractivity contribution in [2.45, 2.75) is 33.9 Å². The van der Waals surface area contributed by atoms with Crippen molar-refractivity contribution < 1.29 is 4.39 Å². The molecule has 1 aromatic carbocycles. The molecule has 0 saturated heterocycles. The summed E-state index contributed by atoms with van der Waals surface area (Å²) in [7, 11) is 1.93. The Kier molecular flexibility index (Phi) is 6.31. The minimum atomic E-state index is -0.191. The molecule has 1 aromatic rings. The first-order valence-corrected chi connectivity index (χ1v) is 6.95. The Bertz CT molecular complexity index is 561. The third kappa shape index (κ3) is 5.16. The third-order valence-electron chi connectivity index (χ3n) is 3.24. The smallest absolute Gasteiger partial charge is 0.126 e. The van der Waals surface area contributed by atoms with E-state index in [9.17, 15) is 4.39 Å². The fraction of sp³-hybridized carbons (Fsp3) is 0.353. The summed E-state index contributed by atoms with van der Waals surface area (Å²) < 4.78 is 13.3. The van der Waals surface area contributed by atoms with Gasteiger partial charge in [0.2, 0.25) is 0 Å². The van der Waals surface area contributed by atoms with Gasteiger partial charge in [0.1, 0.15) is 12.0 Å². The predicted octanol–water partition coefficient (Wildman–Crippen LogP) is 3.82. The molecular weight excluding hydrogens is 265 g/mol. The normalized spacial score (nSPS) is 14.2. The Labute approximate surface area is 126 Å². The molecule has 0 bridgehead atoms. The van der Waals surface area contributed by atoms with Crippen molar-refractivity contribution >= 4 is 5.71 Å². The zero-order valence-corrected chi connectivity index (χ0v) is 13.4. The Hall–Kier alpha value is -1.94. The number of benzene rings is 1. The Morgan fingerprint density at radius 1 is 1.43 bits per heavy atom. The number of nitrogens with zero attached hydrogens (tertiary/aromatic N) is 2. The van der Waals surface area contributed by atoms with Gasteiger partial charge in [-0.15, -0.1) is 0 Å². The number of allylic oxidation sites excluding steroid dienone is 3. The van der Waals surface area contributed by atoms with E-state index in [1.54, 1.807) is 19.1 Å². The summed E-state index contributed by atoms with van der Waals surface area (Å²) in [6, 6.07) is 5.05. The van der Waals surface area contributed by atoms with Crippen molar-refractivity contribution in [2.75, 3.05) is 7.05 Å². The van der Waals surface area contributed by atoms with Gasteiger partial charge >= 0.3 is 0 Å². The SMILES string of the molecule is C=C/C=C(\C)NN(C)C(C)N=C(C)c1ccc(F)c(C)c1. The first-order valence-electron chi connectivity index (χ1n) is 6.95. The average molecular weight is 289 g/mol. The first kappa shape index (κ1) is 17.1. The fourth-order valence-corrected chi connectivity index (χ4v) is 1.90. The molecule has 0 spiro atoms. The average Bonchev–Trinajstić information content (AvgIpc) is 2.41. The van der Waals surface area contributed by atoms with Crippen LogP contribution in [0.2, 0.25) is 0 Å². The van der Waals surface area contributed by atoms with Crippen LogP contribution in [0.25, 0.3) is 0 Å². The van der Waals surface area contributed by atoms with Crippen LogP contribution in [0.4, 0.5) is 4.39 Å². The van der Waals surface area contributed by atoms with Crippen LogP contribution in [-0.2, 0) is 0 Å². The molecule has 0 heterocycles. The van der Waals surface area contributed by atoms with Gasteiger partial charge in [-0.3, -0.25) is 4.99 Å². The van der Waals surface area contributed by atoms with E-state index in [1.165, 1.54) is 6.07 Å². The zero-order valence-electron chi connectivity index (χ0n) is 13.4. The second-order valence-electron chi connectivity index (χ2n) is 5.12. The Morgan fingerprint density at radius 2 is 2.10 bits per heavy atom. The van der Waals surface area contributed by atoms with Gasteiger partial charge in [0.15, 0.2) is 0 Å². The van der Waals surface area contributed by atoms with Crippen molar-refractivity contribution in [3.8, 4) is 0 Å². The highest BCUT2D eigenvalue weighted by molar-refractivity contribution is 5.98. The van der Waals surface area contributed by atoms with Crippen molar-refractivity contribution in [1.82, 2.24) is 10.4 Å². The van der Waals surface area contributed by atoms with Gasteiger partial charge in [-0.2, -0.15) is 0 Å². The van der Waals surface area contributed by atoms with Gasteiger partial charge in [0.05, 0.1) is 0 Å². The molecule has 0 aliphatic heterocycles. The van der Waals surface area contributed by atoms with Crippen LogP contribution in [0.3, 0.4) is 0 Å². The molecule has 0 aliphatic carbocycles. The number of halogens is 1. The molecule has 1 N–H and O–H groups in total. The van der Waals surface area contributed by atoms with E-state index in [0.29, 0.717) is 5.56 Å². The molecule has 0 fully saturated rings. The van der Waals surface area contributed by atoms with Crippen LogP contribution in [-0.4, -0.2) is 23.9 Å². The summed E-state index contributed by atoms with van der Waals surface area (Å²) in [5.41, 5.74) is 6.65. The predicted molar refractivity (Wildman–Crippen MR) is 87.7 cm³/mol. The van der Waals surface area contributed by atoms with Gasteiger partial charge in [-0.1, -0.05) is 18.7 Å². The highest BCUT2D eigenvalue weighted by Crippen LogP contribution is 2.11. The van der Waals surface area contributed by atoms with Gasteiger partial charge in [-0.25, -0.2) is 9.40 Å². The Balaban J connectivity index is 2.82. The van der Waals surface area contributed by atoms with Crippen LogP contribution >= 0.6 is 0 Å². The molecule has 0 aromatic heterocycles. The minimum Gasteiger partial charge on any atom is -0.322 e. The summed E-state index contributed by atoms with van der Waals surface area (Å²) in [6.45, 7) is 11.3. The maximum atomic E-state index is 13.3. The maximum absolute atomic E-state index is 13.3. The molecule has 1 atom stereocenters. The van der Waals surface area contributed by atoms with Crippen molar-refractivity contribution in [3.63, 3.8) is 0 Å². The van der Waals surface area contributed by atoms with Gasteiger partial charge in [0, 0.05) is 18.5 Å². The molecule has 21 heavy (non-hydrogen) atoms. The fourth-order valence-electron chi connectivity index (χ4n) is 1.90. The highest BCUT2D eigenvalue weighted by atomic mass is 19.1. The van der Waals surface area contributed by atoms with E-state index in [2.05, 4.69) is 17.0 Å². The molecular formula is C17H24FN3. The van der Waals surface area contributed by atoms with Crippen molar-refractivity contribution in [2.24, 2.45) is 4.99 Å². The van der Waals surface area contributed by atoms with Crippen molar-refractivity contribution in [3.05, 3.63) is 59.6 Å². The molecule has 1 rings (SSSR count). The standard InChI is InChI=1S/C17H24FN3/c1-7-8-13(3)20-21(6)15(5)19-14(4)16-9-10-17(18)12(2)11-16/h7-11,15,20H,1H2,2-6H3/b13-8+,19-14?. The Morgan fingerprint density at radius 3 is 2.67 bits per heavy atom. The molecule has 4 heteroatoms. The number of hydrogen-bond acceptors (Lipinski definition) is 3. The molecule has 1 unspecified atom stereocenters. The first-order chi connectivity index (χ1) is 9.85. The van der Waals surface area contributed by atoms with Crippen LogP contribution in [0.15, 0.2) is 47.6 Å². The minimum absolute atomic E-state index is 0.0523. The van der Waals surface area contributed by atoms with Gasteiger partial charge in [-0.05, 0) is 57.0 Å². The lowest BCUT2D eigenvalue weighted by Crippen LogP contribution is -2.39. The lowest BCUT2D eigenvalue weighted by molar-refractivity contribution is 0.204. The van der Waals surface area contributed by atoms with Gasteiger partial charge < -0.3 is 5.43 Å². The van der Waals surface area contributed by atoms with Crippen LogP contribution in [0, 0.1) is 12.7 Å². The number of rotatable bonds is 6. The number of hydrogen-bond donors (Lipinski definition) is 1. The summed E-state index contributed by atoms with van der Waals surface area (Å²) in [5, 5.41) is 1.91. The zero-order chi connectivity index (χ0) is 16.0. The highest BCUT2D eigenvalue weighted by Gasteiger charge is 2.09. The molecule has 0 saturated carbocycles. The summed E-state index contributed by atoms with van der Waals surface area (Å²) >= 11 is 0. The van der Waals surface area contributed by atoms with E-state index >= 15 is 0 Å². The molecule has 0 amide bonds. The van der Waals surface area contributed by atoms with E-state index < -0.39 is 0 Å². The van der Waals surface area contributed by atoms with Crippen LogP contribution in [0.1, 0.15) is 31.9 Å². The number of hydrazine groups is 1. The topological polar surface area (TPSA) is 27.6 Å². The second-order valence-corrected chi connectivity index (χ2v) is 5.12. The number of aliphatic imine (C=N–C) groups is 1. The second kappa shape index (κ2) is 7.74.